The van der Waals surface area contributed by atoms with E-state index in [0.29, 0.717) is 25.0 Å². The standard InChI is InChI=1S/C14H26N2O2/c1-2-3-7-18-8-6-16-14(17)12-10-4-5-11(9-10)13(12)15/h10-13H,2-9,15H2,1H3,(H,16,17). The molecule has 2 saturated carbocycles. The second kappa shape index (κ2) is 6.53. The summed E-state index contributed by atoms with van der Waals surface area (Å²) in [6.45, 7) is 4.16. The second-order valence-electron chi connectivity index (χ2n) is 5.69. The third-order valence-corrected chi connectivity index (χ3v) is 4.47. The summed E-state index contributed by atoms with van der Waals surface area (Å²) >= 11 is 0. The fourth-order valence-corrected chi connectivity index (χ4v) is 3.44. The molecule has 4 heteroatoms. The summed E-state index contributed by atoms with van der Waals surface area (Å²) < 4.78 is 5.43. The van der Waals surface area contributed by atoms with E-state index in [0.717, 1.165) is 25.9 Å². The van der Waals surface area contributed by atoms with Gasteiger partial charge in [0, 0.05) is 19.2 Å². The van der Waals surface area contributed by atoms with E-state index in [1.807, 2.05) is 0 Å². The first-order valence-electron chi connectivity index (χ1n) is 7.35. The Balaban J connectivity index is 1.63. The van der Waals surface area contributed by atoms with Crippen LogP contribution >= 0.6 is 0 Å². The highest BCUT2D eigenvalue weighted by Gasteiger charge is 2.48. The minimum atomic E-state index is 0.0550. The van der Waals surface area contributed by atoms with Gasteiger partial charge in [0.1, 0.15) is 0 Å². The molecule has 104 valence electrons. The first-order valence-corrected chi connectivity index (χ1v) is 7.35. The van der Waals surface area contributed by atoms with Crippen molar-refractivity contribution in [2.75, 3.05) is 19.8 Å². The molecule has 2 rings (SSSR count). The van der Waals surface area contributed by atoms with Gasteiger partial charge in [-0.25, -0.2) is 0 Å². The molecule has 0 saturated heterocycles. The molecular formula is C14H26N2O2. The number of carbonyl (C=O) groups is 1. The number of nitrogens with one attached hydrogen (secondary N) is 1. The highest BCUT2D eigenvalue weighted by molar-refractivity contribution is 5.80. The molecule has 0 radical (unpaired) electrons. The normalized spacial score (nSPS) is 33.9. The number of carbonyl (C=O) groups excluding carboxylic acids is 1. The maximum Gasteiger partial charge on any atom is 0.225 e. The zero-order chi connectivity index (χ0) is 13.0. The first kappa shape index (κ1) is 13.8. The van der Waals surface area contributed by atoms with Crippen molar-refractivity contribution in [1.29, 1.82) is 0 Å². The van der Waals surface area contributed by atoms with E-state index < -0.39 is 0 Å². The Morgan fingerprint density at radius 3 is 2.78 bits per heavy atom. The van der Waals surface area contributed by atoms with Crippen LogP contribution in [0.25, 0.3) is 0 Å². The lowest BCUT2D eigenvalue weighted by atomic mass is 9.84. The van der Waals surface area contributed by atoms with Gasteiger partial charge in [0.15, 0.2) is 0 Å². The van der Waals surface area contributed by atoms with Crippen LogP contribution in [0.4, 0.5) is 0 Å². The lowest BCUT2D eigenvalue weighted by Crippen LogP contribution is -2.45. The molecule has 4 unspecified atom stereocenters. The van der Waals surface area contributed by atoms with Crippen LogP contribution < -0.4 is 11.1 Å². The number of nitrogens with two attached hydrogens (primary N) is 1. The average molecular weight is 254 g/mol. The Morgan fingerprint density at radius 1 is 1.33 bits per heavy atom. The third kappa shape index (κ3) is 3.04. The molecule has 18 heavy (non-hydrogen) atoms. The zero-order valence-electron chi connectivity index (χ0n) is 11.4. The maximum absolute atomic E-state index is 12.1. The molecular weight excluding hydrogens is 228 g/mol. The van der Waals surface area contributed by atoms with Gasteiger partial charge in [-0.2, -0.15) is 0 Å². The van der Waals surface area contributed by atoms with E-state index in [9.17, 15) is 4.79 Å². The Kier molecular flexibility index (Phi) is 5.01. The van der Waals surface area contributed by atoms with Crippen LogP contribution in [0.15, 0.2) is 0 Å². The molecule has 2 bridgehead atoms. The van der Waals surface area contributed by atoms with Crippen molar-refractivity contribution in [3.05, 3.63) is 0 Å². The fourth-order valence-electron chi connectivity index (χ4n) is 3.44. The van der Waals surface area contributed by atoms with E-state index in [1.54, 1.807) is 0 Å². The molecule has 4 atom stereocenters. The summed E-state index contributed by atoms with van der Waals surface area (Å²) in [6, 6.07) is 0.0877. The SMILES string of the molecule is CCCCOCCNC(=O)C1C2CCC(C2)C1N. The lowest BCUT2D eigenvalue weighted by molar-refractivity contribution is -0.127. The van der Waals surface area contributed by atoms with Crippen LogP contribution in [0.2, 0.25) is 0 Å². The lowest BCUT2D eigenvalue weighted by Gasteiger charge is -2.26. The van der Waals surface area contributed by atoms with Crippen LogP contribution in [0.5, 0.6) is 0 Å². The van der Waals surface area contributed by atoms with E-state index in [1.165, 1.54) is 12.8 Å². The molecule has 0 aromatic rings. The van der Waals surface area contributed by atoms with Crippen LogP contribution in [-0.2, 0) is 9.53 Å². The molecule has 0 spiro atoms. The quantitative estimate of drug-likeness (QED) is 0.673. The van der Waals surface area contributed by atoms with Crippen molar-refractivity contribution in [3.8, 4) is 0 Å². The van der Waals surface area contributed by atoms with E-state index in [2.05, 4.69) is 12.2 Å². The summed E-state index contributed by atoms with van der Waals surface area (Å²) in [4.78, 5) is 12.1. The minimum absolute atomic E-state index is 0.0550. The van der Waals surface area contributed by atoms with Crippen molar-refractivity contribution in [2.45, 2.75) is 45.1 Å². The van der Waals surface area contributed by atoms with Crippen molar-refractivity contribution in [1.82, 2.24) is 5.32 Å². The molecule has 2 aliphatic rings. The number of fused-ring (bicyclic) bond motifs is 2. The number of hydrogen-bond acceptors (Lipinski definition) is 3. The van der Waals surface area contributed by atoms with Crippen LogP contribution in [-0.4, -0.2) is 31.7 Å². The molecule has 0 aromatic carbocycles. The fraction of sp³-hybridized carbons (Fsp3) is 0.929. The Bertz CT molecular complexity index is 281. The summed E-state index contributed by atoms with van der Waals surface area (Å²) in [5, 5.41) is 2.97. The number of rotatable bonds is 7. The number of ether oxygens (including phenoxy) is 1. The number of hydrogen-bond donors (Lipinski definition) is 2. The van der Waals surface area contributed by atoms with Gasteiger partial charge in [-0.3, -0.25) is 4.79 Å². The van der Waals surface area contributed by atoms with Crippen LogP contribution in [0.1, 0.15) is 39.0 Å². The van der Waals surface area contributed by atoms with Gasteiger partial charge >= 0.3 is 0 Å². The summed E-state index contributed by atoms with van der Waals surface area (Å²) in [6.07, 6.45) is 5.79. The Labute approximate surface area is 110 Å². The van der Waals surface area contributed by atoms with Gasteiger partial charge in [0.05, 0.1) is 12.5 Å². The van der Waals surface area contributed by atoms with Crippen LogP contribution in [0.3, 0.4) is 0 Å². The van der Waals surface area contributed by atoms with Crippen molar-refractivity contribution < 1.29 is 9.53 Å². The average Bonchev–Trinajstić information content (AvgIpc) is 2.94. The monoisotopic (exact) mass is 254 g/mol. The summed E-state index contributed by atoms with van der Waals surface area (Å²) in [5.41, 5.74) is 6.14. The molecule has 0 heterocycles. The predicted molar refractivity (Wildman–Crippen MR) is 71.0 cm³/mol. The van der Waals surface area contributed by atoms with Gasteiger partial charge in [-0.05, 0) is 37.5 Å². The Hall–Kier alpha value is -0.610. The zero-order valence-corrected chi connectivity index (χ0v) is 11.4. The van der Waals surface area contributed by atoms with Crippen molar-refractivity contribution >= 4 is 5.91 Å². The minimum Gasteiger partial charge on any atom is -0.380 e. The first-order chi connectivity index (χ1) is 8.74. The smallest absolute Gasteiger partial charge is 0.225 e. The maximum atomic E-state index is 12.1. The largest absolute Gasteiger partial charge is 0.380 e. The molecule has 2 aliphatic carbocycles. The highest BCUT2D eigenvalue weighted by atomic mass is 16.5. The molecule has 3 N–H and O–H groups in total. The highest BCUT2D eigenvalue weighted by Crippen LogP contribution is 2.47. The summed E-state index contributed by atoms with van der Waals surface area (Å²) in [7, 11) is 0. The Morgan fingerprint density at radius 2 is 2.11 bits per heavy atom. The molecule has 4 nitrogen and oxygen atoms in total. The van der Waals surface area contributed by atoms with Gasteiger partial charge in [0.2, 0.25) is 5.91 Å². The molecule has 1 amide bonds. The van der Waals surface area contributed by atoms with E-state index in [4.69, 9.17) is 10.5 Å². The molecule has 0 aromatic heterocycles. The van der Waals surface area contributed by atoms with E-state index in [-0.39, 0.29) is 17.9 Å². The van der Waals surface area contributed by atoms with Crippen molar-refractivity contribution in [2.24, 2.45) is 23.5 Å². The third-order valence-electron chi connectivity index (χ3n) is 4.47. The van der Waals surface area contributed by atoms with Gasteiger partial charge in [0.25, 0.3) is 0 Å². The summed E-state index contributed by atoms with van der Waals surface area (Å²) in [5.74, 6) is 1.32. The number of unbranched alkanes of at least 4 members (excludes halogenated alkanes) is 1. The second-order valence-corrected chi connectivity index (χ2v) is 5.69. The van der Waals surface area contributed by atoms with Gasteiger partial charge < -0.3 is 15.8 Å². The molecule has 0 aliphatic heterocycles. The van der Waals surface area contributed by atoms with Crippen LogP contribution in [0, 0.1) is 17.8 Å². The topological polar surface area (TPSA) is 64.3 Å². The van der Waals surface area contributed by atoms with E-state index >= 15 is 0 Å². The number of amides is 1. The van der Waals surface area contributed by atoms with Crippen molar-refractivity contribution in [3.63, 3.8) is 0 Å². The predicted octanol–water partition coefficient (Wildman–Crippen LogP) is 1.29. The van der Waals surface area contributed by atoms with Gasteiger partial charge in [-0.15, -0.1) is 0 Å². The molecule has 2 fully saturated rings. The van der Waals surface area contributed by atoms with Gasteiger partial charge in [-0.1, -0.05) is 13.3 Å².